The first-order chi connectivity index (χ1) is 11.9. The van der Waals surface area contributed by atoms with Gasteiger partial charge in [0, 0.05) is 27.4 Å². The average Bonchev–Trinajstić information content (AvgIpc) is 3.29. The molecule has 0 aliphatic carbocycles. The molecule has 0 aliphatic heterocycles. The molecular formula is C19H12N4S. The molecule has 24 heavy (non-hydrogen) atoms. The van der Waals surface area contributed by atoms with E-state index in [9.17, 15) is 0 Å². The van der Waals surface area contributed by atoms with Gasteiger partial charge in [-0.2, -0.15) is 15.4 Å². The maximum atomic E-state index is 4.43. The molecule has 0 aliphatic rings. The van der Waals surface area contributed by atoms with Crippen molar-refractivity contribution < 1.29 is 0 Å². The standard InChI is InChI=1S/C19H12N4S/c1-2-4-16-14(3-1)15(7-9-20-16)19-18(21-23-22-19)13-5-6-17-12(11-13)8-10-24-17/h1-11H,(H,21,22,23). The molecule has 0 bridgehead atoms. The highest BCUT2D eigenvalue weighted by Gasteiger charge is 2.15. The summed E-state index contributed by atoms with van der Waals surface area (Å²) >= 11 is 1.74. The molecule has 0 fully saturated rings. The molecule has 5 aromatic rings. The maximum Gasteiger partial charge on any atom is 0.121 e. The van der Waals surface area contributed by atoms with Crippen LogP contribution in [0.25, 0.3) is 43.5 Å². The number of nitrogens with zero attached hydrogens (tertiary/aromatic N) is 3. The minimum atomic E-state index is 0.850. The maximum absolute atomic E-state index is 4.43. The SMILES string of the molecule is c1ccc2c(-c3n[nH]nc3-c3ccc4sccc4c3)ccnc2c1. The Labute approximate surface area is 141 Å². The van der Waals surface area contributed by atoms with Crippen LogP contribution >= 0.6 is 11.3 Å². The lowest BCUT2D eigenvalue weighted by atomic mass is 10.0. The van der Waals surface area contributed by atoms with Crippen LogP contribution in [-0.2, 0) is 0 Å². The number of hydrogen-bond donors (Lipinski definition) is 1. The van der Waals surface area contributed by atoms with Crippen molar-refractivity contribution in [2.45, 2.75) is 0 Å². The van der Waals surface area contributed by atoms with Gasteiger partial charge in [0.1, 0.15) is 11.4 Å². The fraction of sp³-hybridized carbons (Fsp3) is 0. The quantitative estimate of drug-likeness (QED) is 0.501. The molecule has 3 aromatic heterocycles. The van der Waals surface area contributed by atoms with Crippen molar-refractivity contribution in [3.63, 3.8) is 0 Å². The lowest BCUT2D eigenvalue weighted by Crippen LogP contribution is -1.87. The van der Waals surface area contributed by atoms with Gasteiger partial charge >= 0.3 is 0 Å². The Morgan fingerprint density at radius 2 is 1.79 bits per heavy atom. The van der Waals surface area contributed by atoms with Gasteiger partial charge < -0.3 is 0 Å². The Kier molecular flexibility index (Phi) is 2.93. The van der Waals surface area contributed by atoms with Gasteiger partial charge in [0.25, 0.3) is 0 Å². The third kappa shape index (κ3) is 2.02. The Hall–Kier alpha value is -3.05. The predicted octanol–water partition coefficient (Wildman–Crippen LogP) is 4.90. The van der Waals surface area contributed by atoms with Gasteiger partial charge in [-0.3, -0.25) is 4.98 Å². The monoisotopic (exact) mass is 328 g/mol. The van der Waals surface area contributed by atoms with Crippen molar-refractivity contribution in [1.82, 2.24) is 20.4 Å². The summed E-state index contributed by atoms with van der Waals surface area (Å²) in [4.78, 5) is 4.43. The molecule has 0 amide bonds. The molecule has 0 saturated carbocycles. The summed E-state index contributed by atoms with van der Waals surface area (Å²) in [7, 11) is 0. The van der Waals surface area contributed by atoms with Crippen LogP contribution in [0.4, 0.5) is 0 Å². The van der Waals surface area contributed by atoms with Crippen LogP contribution in [-0.4, -0.2) is 20.4 Å². The number of rotatable bonds is 2. The fourth-order valence-corrected chi connectivity index (χ4v) is 3.81. The Balaban J connectivity index is 1.74. The zero-order valence-electron chi connectivity index (χ0n) is 12.6. The van der Waals surface area contributed by atoms with E-state index in [0.29, 0.717) is 0 Å². The summed E-state index contributed by atoms with van der Waals surface area (Å²) < 4.78 is 1.28. The first-order valence-corrected chi connectivity index (χ1v) is 8.51. The Bertz CT molecular complexity index is 1170. The Morgan fingerprint density at radius 1 is 0.875 bits per heavy atom. The molecule has 5 rings (SSSR count). The minimum Gasteiger partial charge on any atom is -0.256 e. The van der Waals surface area contributed by atoms with Crippen LogP contribution in [0, 0.1) is 0 Å². The third-order valence-corrected chi connectivity index (χ3v) is 5.08. The van der Waals surface area contributed by atoms with E-state index >= 15 is 0 Å². The zero-order chi connectivity index (χ0) is 15.9. The number of nitrogens with one attached hydrogen (secondary N) is 1. The van der Waals surface area contributed by atoms with E-state index in [1.54, 1.807) is 11.3 Å². The molecule has 0 atom stereocenters. The number of para-hydroxylation sites is 1. The molecular weight excluding hydrogens is 316 g/mol. The molecule has 1 N–H and O–H groups in total. The molecule has 114 valence electrons. The number of pyridine rings is 1. The van der Waals surface area contributed by atoms with E-state index in [1.165, 1.54) is 10.1 Å². The summed E-state index contributed by atoms with van der Waals surface area (Å²) in [5, 5.41) is 16.0. The van der Waals surface area contributed by atoms with Crippen molar-refractivity contribution in [3.8, 4) is 22.5 Å². The molecule has 0 radical (unpaired) electrons. The summed E-state index contributed by atoms with van der Waals surface area (Å²) in [6.45, 7) is 0. The van der Waals surface area contributed by atoms with Crippen LogP contribution in [0.3, 0.4) is 0 Å². The lowest BCUT2D eigenvalue weighted by molar-refractivity contribution is 0.944. The second kappa shape index (κ2) is 5.25. The van der Waals surface area contributed by atoms with E-state index in [4.69, 9.17) is 0 Å². The summed E-state index contributed by atoms with van der Waals surface area (Å²) in [5.41, 5.74) is 4.76. The third-order valence-electron chi connectivity index (χ3n) is 4.18. The topological polar surface area (TPSA) is 54.5 Å². The second-order valence-corrected chi connectivity index (χ2v) is 6.52. The highest BCUT2D eigenvalue weighted by Crippen LogP contribution is 2.34. The predicted molar refractivity (Wildman–Crippen MR) is 97.9 cm³/mol. The van der Waals surface area contributed by atoms with Gasteiger partial charge in [0.2, 0.25) is 0 Å². The number of thiophene rings is 1. The second-order valence-electron chi connectivity index (χ2n) is 5.57. The fourth-order valence-electron chi connectivity index (χ4n) is 3.04. The van der Waals surface area contributed by atoms with Gasteiger partial charge in [-0.1, -0.05) is 24.3 Å². The van der Waals surface area contributed by atoms with Crippen LogP contribution in [0.5, 0.6) is 0 Å². The molecule has 3 heterocycles. The lowest BCUT2D eigenvalue weighted by Gasteiger charge is -2.05. The highest BCUT2D eigenvalue weighted by molar-refractivity contribution is 7.17. The first-order valence-electron chi connectivity index (χ1n) is 7.63. The largest absolute Gasteiger partial charge is 0.256 e. The van der Waals surface area contributed by atoms with Gasteiger partial charge in [0.15, 0.2) is 0 Å². The van der Waals surface area contributed by atoms with Crippen molar-refractivity contribution in [3.05, 3.63) is 66.2 Å². The van der Waals surface area contributed by atoms with E-state index < -0.39 is 0 Å². The summed E-state index contributed by atoms with van der Waals surface area (Å²) in [6, 6.07) is 18.6. The highest BCUT2D eigenvalue weighted by atomic mass is 32.1. The van der Waals surface area contributed by atoms with Crippen LogP contribution < -0.4 is 0 Å². The van der Waals surface area contributed by atoms with Crippen molar-refractivity contribution in [1.29, 1.82) is 0 Å². The van der Waals surface area contributed by atoms with Gasteiger partial charge in [-0.15, -0.1) is 11.3 Å². The zero-order valence-corrected chi connectivity index (χ0v) is 13.4. The van der Waals surface area contributed by atoms with Crippen LogP contribution in [0.15, 0.2) is 66.2 Å². The van der Waals surface area contributed by atoms with Crippen molar-refractivity contribution >= 4 is 32.3 Å². The minimum absolute atomic E-state index is 0.850. The summed E-state index contributed by atoms with van der Waals surface area (Å²) in [5.74, 6) is 0. The van der Waals surface area contributed by atoms with Gasteiger partial charge in [-0.05, 0) is 41.1 Å². The van der Waals surface area contributed by atoms with Gasteiger partial charge in [-0.25, -0.2) is 0 Å². The number of aromatic amines is 1. The van der Waals surface area contributed by atoms with Crippen molar-refractivity contribution in [2.75, 3.05) is 0 Å². The normalized spacial score (nSPS) is 11.3. The molecule has 0 saturated heterocycles. The van der Waals surface area contributed by atoms with E-state index in [0.717, 1.165) is 33.4 Å². The number of fused-ring (bicyclic) bond motifs is 2. The number of benzene rings is 2. The smallest absolute Gasteiger partial charge is 0.121 e. The number of hydrogen-bond acceptors (Lipinski definition) is 4. The first kappa shape index (κ1) is 13.4. The summed E-state index contributed by atoms with van der Waals surface area (Å²) in [6.07, 6.45) is 1.82. The van der Waals surface area contributed by atoms with Gasteiger partial charge in [0.05, 0.1) is 5.52 Å². The van der Waals surface area contributed by atoms with Crippen LogP contribution in [0.2, 0.25) is 0 Å². The number of H-pyrrole nitrogens is 1. The average molecular weight is 328 g/mol. The molecule has 5 heteroatoms. The Morgan fingerprint density at radius 3 is 2.79 bits per heavy atom. The van der Waals surface area contributed by atoms with E-state index in [-0.39, 0.29) is 0 Å². The molecule has 2 aromatic carbocycles. The molecule has 0 unspecified atom stereocenters. The van der Waals surface area contributed by atoms with E-state index in [2.05, 4.69) is 56.1 Å². The van der Waals surface area contributed by atoms with Crippen molar-refractivity contribution in [2.24, 2.45) is 0 Å². The van der Waals surface area contributed by atoms with E-state index in [1.807, 2.05) is 30.5 Å². The number of aromatic nitrogens is 4. The molecule has 4 nitrogen and oxygen atoms in total. The molecule has 0 spiro atoms. The van der Waals surface area contributed by atoms with Crippen LogP contribution in [0.1, 0.15) is 0 Å².